The lowest BCUT2D eigenvalue weighted by Crippen LogP contribution is -2.29. The largest absolute Gasteiger partial charge is 0.372 e. The highest BCUT2D eigenvalue weighted by Crippen LogP contribution is 2.29. The summed E-state index contributed by atoms with van der Waals surface area (Å²) in [7, 11) is 0. The van der Waals surface area contributed by atoms with Crippen molar-refractivity contribution in [3.63, 3.8) is 0 Å². The molecular weight excluding hydrogens is 1110 g/mol. The maximum atomic E-state index is 14.1. The van der Waals surface area contributed by atoms with Gasteiger partial charge in [-0.15, -0.1) is 0 Å². The zero-order chi connectivity index (χ0) is 60.7. The third kappa shape index (κ3) is 15.5. The van der Waals surface area contributed by atoms with E-state index in [1.165, 1.54) is 110 Å². The van der Waals surface area contributed by atoms with E-state index in [2.05, 4.69) is 125 Å². The van der Waals surface area contributed by atoms with Gasteiger partial charge in [-0.25, -0.2) is 8.78 Å². The molecule has 3 aliphatic rings. The Morgan fingerprint density at radius 3 is 1.28 bits per heavy atom. The Morgan fingerprint density at radius 2 is 0.839 bits per heavy atom. The van der Waals surface area contributed by atoms with Crippen molar-refractivity contribution in [1.82, 2.24) is 30.9 Å². The van der Waals surface area contributed by atoms with E-state index in [9.17, 15) is 23.2 Å². The molecule has 3 aromatic heterocycles. The summed E-state index contributed by atoms with van der Waals surface area (Å²) in [4.78, 5) is 54.8. The zero-order valence-corrected chi connectivity index (χ0v) is 51.6. The summed E-state index contributed by atoms with van der Waals surface area (Å²) >= 11 is 6.13. The number of piperidine rings is 3. The molecule has 3 aliphatic heterocycles. The highest BCUT2D eigenvalue weighted by molar-refractivity contribution is 6.31. The number of nitrogens with one attached hydrogen (secondary N) is 6. The first-order chi connectivity index (χ1) is 42.5. The number of para-hydroxylation sites is 1. The van der Waals surface area contributed by atoms with E-state index in [1.807, 2.05) is 38.1 Å². The van der Waals surface area contributed by atoms with Crippen LogP contribution in [0.1, 0.15) is 143 Å². The smallest absolute Gasteiger partial charge is 0.268 e. The molecule has 9 aromatic rings. The first kappa shape index (κ1) is 62.0. The second-order valence-corrected chi connectivity index (χ2v) is 23.6. The summed E-state index contributed by atoms with van der Waals surface area (Å²) in [6, 6.07) is 41.3. The van der Waals surface area contributed by atoms with Crippen LogP contribution in [0, 0.1) is 11.6 Å². The highest BCUT2D eigenvalue weighted by atomic mass is 35.5. The van der Waals surface area contributed by atoms with Crippen molar-refractivity contribution in [2.45, 2.75) is 117 Å². The van der Waals surface area contributed by atoms with Crippen molar-refractivity contribution in [3.05, 3.63) is 195 Å². The minimum Gasteiger partial charge on any atom is -0.372 e. The molecular formula is C72H84ClF2N9O3. The Hall–Kier alpha value is -8.10. The number of aromatic nitrogens is 3. The van der Waals surface area contributed by atoms with E-state index < -0.39 is 0 Å². The fourth-order valence-electron chi connectivity index (χ4n) is 12.7. The zero-order valence-electron chi connectivity index (χ0n) is 50.8. The Kier molecular flexibility index (Phi) is 21.4. The molecule has 0 radical (unpaired) electrons. The van der Waals surface area contributed by atoms with E-state index >= 15 is 0 Å². The number of carbonyl (C=O) groups is 3. The maximum absolute atomic E-state index is 14.1. The standard InChI is InChI=1S/C24H28ClN3O.2C24H28FN3O/c1-2-20-21-16-18(25)8-11-22(21)27-23(20)24(29)26-13-12-17-6-9-19(10-7-17)28-14-4-3-5-15-28;1-2-20-21-11-8-18(25)16-22(21)27-23(20)24(29)26-13-12-17-6-9-19(10-7-17)28-14-4-3-5-15-28;1-2-19-20-7-6-8-21(25)22(20)27-23(19)24(29)26-14-13-17-9-11-18(12-10-17)28-15-4-3-5-16-28/h2*6-11,16,27H,2-5,12-15H2,1H3,(H,26,29);6-12,27H,2-5,13-16H2,1H3,(H,26,29). The molecule has 0 bridgehead atoms. The van der Waals surface area contributed by atoms with Crippen molar-refractivity contribution >= 4 is 79.1 Å². The van der Waals surface area contributed by atoms with Gasteiger partial charge in [-0.05, 0) is 209 Å². The first-order valence-corrected chi connectivity index (χ1v) is 32.1. The number of halogens is 3. The van der Waals surface area contributed by atoms with Gasteiger partial charge in [0.15, 0.2) is 0 Å². The number of anilines is 3. The molecule has 12 rings (SSSR count). The van der Waals surface area contributed by atoms with Crippen molar-refractivity contribution in [3.8, 4) is 0 Å². The second-order valence-electron chi connectivity index (χ2n) is 23.2. The fraction of sp³-hybridized carbons (Fsp3) is 0.375. The van der Waals surface area contributed by atoms with Gasteiger partial charge in [-0.2, -0.15) is 0 Å². The number of benzene rings is 6. The molecule has 3 amide bonds. The minimum absolute atomic E-state index is 0.0564. The molecule has 456 valence electrons. The third-order valence-corrected chi connectivity index (χ3v) is 17.7. The van der Waals surface area contributed by atoms with Crippen LogP contribution in [0.2, 0.25) is 5.02 Å². The Balaban J connectivity index is 0.000000144. The van der Waals surface area contributed by atoms with Gasteiger partial charge in [0.25, 0.3) is 17.7 Å². The minimum atomic E-state index is -0.329. The lowest BCUT2D eigenvalue weighted by atomic mass is 10.1. The van der Waals surface area contributed by atoms with Crippen molar-refractivity contribution in [2.75, 3.05) is 73.6 Å². The van der Waals surface area contributed by atoms with Crippen LogP contribution in [0.5, 0.6) is 0 Å². The number of aryl methyl sites for hydroxylation is 3. The van der Waals surface area contributed by atoms with Crippen LogP contribution < -0.4 is 30.7 Å². The molecule has 0 aliphatic carbocycles. The lowest BCUT2D eigenvalue weighted by molar-refractivity contribution is 0.0941. The van der Waals surface area contributed by atoms with E-state index in [0.717, 1.165) is 103 Å². The van der Waals surface area contributed by atoms with Gasteiger partial charge >= 0.3 is 0 Å². The quantitative estimate of drug-likeness (QED) is 0.0505. The van der Waals surface area contributed by atoms with Crippen LogP contribution in [0.15, 0.2) is 127 Å². The second kappa shape index (κ2) is 30.0. The Morgan fingerprint density at radius 1 is 0.437 bits per heavy atom. The number of rotatable bonds is 18. The molecule has 0 spiro atoms. The van der Waals surface area contributed by atoms with E-state index in [0.29, 0.717) is 65.6 Å². The van der Waals surface area contributed by atoms with Gasteiger partial charge < -0.3 is 45.6 Å². The molecule has 0 unspecified atom stereocenters. The monoisotopic (exact) mass is 1200 g/mol. The number of nitrogens with zero attached hydrogens (tertiary/aromatic N) is 3. The van der Waals surface area contributed by atoms with Crippen LogP contribution in [-0.2, 0) is 38.5 Å². The molecule has 0 atom stereocenters. The van der Waals surface area contributed by atoms with Gasteiger partial charge in [0, 0.05) is 108 Å². The number of hydrogen-bond acceptors (Lipinski definition) is 6. The molecule has 6 aromatic carbocycles. The fourth-order valence-corrected chi connectivity index (χ4v) is 12.8. The van der Waals surface area contributed by atoms with Crippen LogP contribution in [0.4, 0.5) is 25.8 Å². The molecule has 3 saturated heterocycles. The number of aromatic amines is 3. The van der Waals surface area contributed by atoms with Gasteiger partial charge in [0.05, 0.1) is 5.52 Å². The predicted octanol–water partition coefficient (Wildman–Crippen LogP) is 15.0. The van der Waals surface area contributed by atoms with E-state index in [-0.39, 0.29) is 29.4 Å². The van der Waals surface area contributed by atoms with E-state index in [1.54, 1.807) is 12.1 Å². The molecule has 12 nitrogen and oxygen atoms in total. The first-order valence-electron chi connectivity index (χ1n) is 31.7. The van der Waals surface area contributed by atoms with Gasteiger partial charge in [0.1, 0.15) is 28.7 Å². The molecule has 3 fully saturated rings. The Bertz CT molecular complexity index is 3660. The lowest BCUT2D eigenvalue weighted by Gasteiger charge is -2.28. The SMILES string of the molecule is CCc1c(C(=O)NCCc2ccc(N3CCCCC3)cc2)[nH]c2c(F)cccc12.CCc1c(C(=O)NCCc2ccc(N3CCCCC3)cc2)[nH]c2cc(F)ccc12.CCc1c(C(=O)NCCc2ccc(N3CCCCC3)cc2)[nH]c2ccc(Cl)cc12. The van der Waals surface area contributed by atoms with Crippen LogP contribution in [-0.4, -0.2) is 91.6 Å². The summed E-state index contributed by atoms with van der Waals surface area (Å²) in [6.07, 6.45) is 16.2. The summed E-state index contributed by atoms with van der Waals surface area (Å²) in [5, 5.41) is 12.4. The normalized spacial score (nSPS) is 14.3. The topological polar surface area (TPSA) is 144 Å². The molecule has 87 heavy (non-hydrogen) atoms. The van der Waals surface area contributed by atoms with Gasteiger partial charge in [-0.1, -0.05) is 80.9 Å². The summed E-state index contributed by atoms with van der Waals surface area (Å²) in [6.45, 7) is 14.6. The summed E-state index contributed by atoms with van der Waals surface area (Å²) in [5.41, 5.74) is 14.0. The van der Waals surface area contributed by atoms with Crippen molar-refractivity contribution in [2.24, 2.45) is 0 Å². The number of fused-ring (bicyclic) bond motifs is 3. The van der Waals surface area contributed by atoms with Crippen molar-refractivity contribution in [1.29, 1.82) is 0 Å². The van der Waals surface area contributed by atoms with Gasteiger partial charge in [0.2, 0.25) is 0 Å². The number of hydrogen-bond donors (Lipinski definition) is 6. The highest BCUT2D eigenvalue weighted by Gasteiger charge is 2.21. The average Bonchev–Trinajstić information content (AvgIpc) is 2.56. The van der Waals surface area contributed by atoms with Crippen molar-refractivity contribution < 1.29 is 23.2 Å². The summed E-state index contributed by atoms with van der Waals surface area (Å²) < 4.78 is 27.5. The van der Waals surface area contributed by atoms with Crippen LogP contribution in [0.3, 0.4) is 0 Å². The maximum Gasteiger partial charge on any atom is 0.268 e. The third-order valence-electron chi connectivity index (χ3n) is 17.4. The average molecular weight is 1200 g/mol. The summed E-state index contributed by atoms with van der Waals surface area (Å²) in [5.74, 6) is -1.00. The number of amides is 3. The number of carbonyl (C=O) groups excluding carboxylic acids is 3. The van der Waals surface area contributed by atoms with E-state index in [4.69, 9.17) is 11.6 Å². The molecule has 15 heteroatoms. The molecule has 6 heterocycles. The van der Waals surface area contributed by atoms with Gasteiger partial charge in [-0.3, -0.25) is 14.4 Å². The van der Waals surface area contributed by atoms with Crippen LogP contribution in [0.25, 0.3) is 32.7 Å². The molecule has 6 N–H and O–H groups in total. The number of H-pyrrole nitrogens is 3. The molecule has 0 saturated carbocycles. The Labute approximate surface area is 515 Å². The predicted molar refractivity (Wildman–Crippen MR) is 354 cm³/mol. The van der Waals surface area contributed by atoms with Crippen LogP contribution >= 0.6 is 11.6 Å².